The number of rotatable bonds is 3. The highest BCUT2D eigenvalue weighted by Crippen LogP contribution is 2.17. The average molecular weight is 374 g/mol. The molecule has 1 aromatic carbocycles. The minimum Gasteiger partial charge on any atom is -0.347 e. The van der Waals surface area contributed by atoms with E-state index in [1.165, 1.54) is 5.56 Å². The molecule has 0 heterocycles. The van der Waals surface area contributed by atoms with Gasteiger partial charge in [-0.2, -0.15) is 0 Å². The molecule has 0 atom stereocenters. The Hall–Kier alpha value is -1.11. The van der Waals surface area contributed by atoms with Gasteiger partial charge in [-0.1, -0.05) is 26.8 Å². The van der Waals surface area contributed by atoms with E-state index in [0.717, 1.165) is 9.26 Å². The van der Waals surface area contributed by atoms with Gasteiger partial charge in [0.15, 0.2) is 0 Å². The van der Waals surface area contributed by atoms with Gasteiger partial charge in [-0.15, -0.1) is 0 Å². The molecule has 0 bridgehead atoms. The van der Waals surface area contributed by atoms with Crippen molar-refractivity contribution in [1.29, 1.82) is 0 Å². The molecule has 104 valence electrons. The fraction of sp³-hybridized carbons (Fsp3) is 0.429. The third-order valence-electron chi connectivity index (χ3n) is 2.55. The average Bonchev–Trinajstić information content (AvgIpc) is 2.29. The van der Waals surface area contributed by atoms with Crippen molar-refractivity contribution in [3.63, 3.8) is 0 Å². The number of hydrogen-bond acceptors (Lipinski definition) is 2. The lowest BCUT2D eigenvalue weighted by Gasteiger charge is -2.17. The first-order chi connectivity index (χ1) is 8.70. The van der Waals surface area contributed by atoms with Gasteiger partial charge in [-0.25, -0.2) is 0 Å². The molecule has 0 aliphatic carbocycles. The Bertz CT molecular complexity index is 493. The number of nitrogens with one attached hydrogen (secondary N) is 2. The third-order valence-corrected chi connectivity index (χ3v) is 3.71. The number of anilines is 1. The lowest BCUT2D eigenvalue weighted by Crippen LogP contribution is -2.39. The number of halogens is 1. The van der Waals surface area contributed by atoms with Crippen molar-refractivity contribution in [2.45, 2.75) is 27.7 Å². The van der Waals surface area contributed by atoms with Crippen molar-refractivity contribution >= 4 is 40.1 Å². The predicted octanol–water partition coefficient (Wildman–Crippen LogP) is 2.70. The van der Waals surface area contributed by atoms with Gasteiger partial charge in [0.1, 0.15) is 0 Å². The van der Waals surface area contributed by atoms with Crippen LogP contribution in [0.1, 0.15) is 26.3 Å². The standard InChI is InChI=1S/C14H19IN2O2/c1-9-5-6-10(7-11(9)15)17-12(18)8-16-13(19)14(2,3)4/h5-7H,8H2,1-4H3,(H,16,19)(H,17,18). The molecular formula is C14H19IN2O2. The molecule has 5 heteroatoms. The molecule has 4 nitrogen and oxygen atoms in total. The molecule has 1 aromatic rings. The summed E-state index contributed by atoms with van der Waals surface area (Å²) in [6.45, 7) is 7.42. The predicted molar refractivity (Wildman–Crippen MR) is 85.0 cm³/mol. The van der Waals surface area contributed by atoms with Gasteiger partial charge >= 0.3 is 0 Å². The molecule has 0 fully saturated rings. The van der Waals surface area contributed by atoms with Crippen molar-refractivity contribution in [3.05, 3.63) is 27.3 Å². The largest absolute Gasteiger partial charge is 0.347 e. The Morgan fingerprint density at radius 3 is 2.42 bits per heavy atom. The molecule has 0 aliphatic rings. The Kier molecular flexibility index (Phi) is 5.34. The molecule has 0 radical (unpaired) electrons. The number of carbonyl (C=O) groups is 2. The maximum atomic E-state index is 11.7. The van der Waals surface area contributed by atoms with Crippen molar-refractivity contribution in [3.8, 4) is 0 Å². The summed E-state index contributed by atoms with van der Waals surface area (Å²) in [5.74, 6) is -0.363. The number of aryl methyl sites for hydroxylation is 1. The first kappa shape index (κ1) is 15.9. The highest BCUT2D eigenvalue weighted by molar-refractivity contribution is 14.1. The van der Waals surface area contributed by atoms with E-state index in [1.54, 1.807) is 0 Å². The summed E-state index contributed by atoms with van der Waals surface area (Å²) in [6.07, 6.45) is 0. The molecule has 2 amide bonds. The van der Waals surface area contributed by atoms with Crippen LogP contribution in [-0.4, -0.2) is 18.4 Å². The zero-order valence-electron chi connectivity index (χ0n) is 11.6. The molecule has 0 saturated carbocycles. The third kappa shape index (κ3) is 5.18. The zero-order valence-corrected chi connectivity index (χ0v) is 13.8. The molecule has 2 N–H and O–H groups in total. The Morgan fingerprint density at radius 2 is 1.89 bits per heavy atom. The molecule has 0 unspecified atom stereocenters. The van der Waals surface area contributed by atoms with Crippen LogP contribution in [0.2, 0.25) is 0 Å². The van der Waals surface area contributed by atoms with Crippen molar-refractivity contribution in [2.24, 2.45) is 5.41 Å². The topological polar surface area (TPSA) is 58.2 Å². The van der Waals surface area contributed by atoms with Crippen LogP contribution in [0, 0.1) is 15.9 Å². The Morgan fingerprint density at radius 1 is 1.26 bits per heavy atom. The van der Waals surface area contributed by atoms with E-state index in [-0.39, 0.29) is 18.4 Å². The van der Waals surface area contributed by atoms with Crippen LogP contribution in [0.25, 0.3) is 0 Å². The normalized spacial score (nSPS) is 11.0. The van der Waals surface area contributed by atoms with Gasteiger partial charge < -0.3 is 10.6 Å². The van der Waals surface area contributed by atoms with E-state index >= 15 is 0 Å². The maximum Gasteiger partial charge on any atom is 0.243 e. The number of carbonyl (C=O) groups excluding carboxylic acids is 2. The number of hydrogen-bond donors (Lipinski definition) is 2. The summed E-state index contributed by atoms with van der Waals surface area (Å²) in [5, 5.41) is 5.37. The van der Waals surface area contributed by atoms with Gasteiger partial charge in [0.2, 0.25) is 11.8 Å². The van der Waals surface area contributed by atoms with Crippen LogP contribution in [0.15, 0.2) is 18.2 Å². The van der Waals surface area contributed by atoms with E-state index in [9.17, 15) is 9.59 Å². The highest BCUT2D eigenvalue weighted by atomic mass is 127. The first-order valence-corrected chi connectivity index (χ1v) is 7.12. The molecule has 0 aliphatic heterocycles. The monoisotopic (exact) mass is 374 g/mol. The van der Waals surface area contributed by atoms with Crippen LogP contribution in [-0.2, 0) is 9.59 Å². The van der Waals surface area contributed by atoms with Crippen LogP contribution in [0.3, 0.4) is 0 Å². The minimum atomic E-state index is -0.487. The summed E-state index contributed by atoms with van der Waals surface area (Å²) < 4.78 is 1.09. The second kappa shape index (κ2) is 6.36. The molecule has 1 rings (SSSR count). The zero-order chi connectivity index (χ0) is 14.6. The van der Waals surface area contributed by atoms with E-state index in [2.05, 4.69) is 33.2 Å². The molecular weight excluding hydrogens is 355 g/mol. The Balaban J connectivity index is 2.52. The van der Waals surface area contributed by atoms with E-state index in [0.29, 0.717) is 0 Å². The SMILES string of the molecule is Cc1ccc(NC(=O)CNC(=O)C(C)(C)C)cc1I. The molecule has 0 saturated heterocycles. The van der Waals surface area contributed by atoms with Crippen LogP contribution in [0.5, 0.6) is 0 Å². The molecule has 19 heavy (non-hydrogen) atoms. The fourth-order valence-electron chi connectivity index (χ4n) is 1.30. The summed E-state index contributed by atoms with van der Waals surface area (Å²) in [7, 11) is 0. The maximum absolute atomic E-state index is 11.7. The van der Waals surface area contributed by atoms with Crippen molar-refractivity contribution in [1.82, 2.24) is 5.32 Å². The molecule has 0 spiro atoms. The van der Waals surface area contributed by atoms with E-state index in [1.807, 2.05) is 45.9 Å². The smallest absolute Gasteiger partial charge is 0.243 e. The highest BCUT2D eigenvalue weighted by Gasteiger charge is 2.21. The first-order valence-electron chi connectivity index (χ1n) is 6.04. The quantitative estimate of drug-likeness (QED) is 0.800. The fourth-order valence-corrected chi connectivity index (χ4v) is 1.82. The van der Waals surface area contributed by atoms with Gasteiger partial charge in [-0.3, -0.25) is 9.59 Å². The van der Waals surface area contributed by atoms with Crippen molar-refractivity contribution < 1.29 is 9.59 Å². The Labute approximate surface area is 127 Å². The summed E-state index contributed by atoms with van der Waals surface area (Å²) in [6, 6.07) is 5.70. The van der Waals surface area contributed by atoms with Crippen molar-refractivity contribution in [2.75, 3.05) is 11.9 Å². The lowest BCUT2D eigenvalue weighted by atomic mass is 9.96. The summed E-state index contributed by atoms with van der Waals surface area (Å²) in [5.41, 5.74) is 1.42. The number of amides is 2. The van der Waals surface area contributed by atoms with Crippen LogP contribution < -0.4 is 10.6 Å². The minimum absolute atomic E-state index is 0.0133. The van der Waals surface area contributed by atoms with Gasteiger partial charge in [0.25, 0.3) is 0 Å². The summed E-state index contributed by atoms with van der Waals surface area (Å²) in [4.78, 5) is 23.3. The summed E-state index contributed by atoms with van der Waals surface area (Å²) >= 11 is 2.22. The van der Waals surface area contributed by atoms with Crippen LogP contribution >= 0.6 is 22.6 Å². The van der Waals surface area contributed by atoms with Gasteiger partial charge in [0.05, 0.1) is 6.54 Å². The lowest BCUT2D eigenvalue weighted by molar-refractivity contribution is -0.130. The van der Waals surface area contributed by atoms with E-state index < -0.39 is 5.41 Å². The van der Waals surface area contributed by atoms with Gasteiger partial charge in [-0.05, 0) is 47.2 Å². The van der Waals surface area contributed by atoms with Crippen LogP contribution in [0.4, 0.5) is 5.69 Å². The second-order valence-electron chi connectivity index (χ2n) is 5.44. The van der Waals surface area contributed by atoms with Gasteiger partial charge in [0, 0.05) is 14.7 Å². The van der Waals surface area contributed by atoms with E-state index in [4.69, 9.17) is 0 Å². The second-order valence-corrected chi connectivity index (χ2v) is 6.61. The number of benzene rings is 1. The molecule has 0 aromatic heterocycles.